The molecule has 1 saturated carbocycles. The molecule has 0 heterocycles. The van der Waals surface area contributed by atoms with Gasteiger partial charge in [0.15, 0.2) is 0 Å². The van der Waals surface area contributed by atoms with Crippen molar-refractivity contribution in [2.24, 2.45) is 0 Å². The van der Waals surface area contributed by atoms with Gasteiger partial charge in [0, 0.05) is 0 Å². The number of hydrogen-bond acceptors (Lipinski definition) is 0. The van der Waals surface area contributed by atoms with Crippen LogP contribution in [0.5, 0.6) is 0 Å². The van der Waals surface area contributed by atoms with Crippen molar-refractivity contribution in [3.8, 4) is 0 Å². The molecule has 1 aliphatic carbocycles. The van der Waals surface area contributed by atoms with E-state index in [9.17, 15) is 0 Å². The van der Waals surface area contributed by atoms with E-state index < -0.39 is 0 Å². The molecular formula is C6H12Cl2N2Pd-2. The summed E-state index contributed by atoms with van der Waals surface area (Å²) in [7, 11) is 9.63. The minimum absolute atomic E-state index is 0.0799. The van der Waals surface area contributed by atoms with E-state index in [0.29, 0.717) is 0 Å². The van der Waals surface area contributed by atoms with E-state index in [2.05, 4.69) is 0 Å². The maximum atomic E-state index is 7.29. The third-order valence-corrected chi connectivity index (χ3v) is 1.77. The molecule has 0 spiro atoms. The molecule has 0 aromatic heterocycles. The van der Waals surface area contributed by atoms with Crippen LogP contribution in [0.2, 0.25) is 0 Å². The van der Waals surface area contributed by atoms with Gasteiger partial charge in [-0.05, 0) is 0 Å². The third kappa shape index (κ3) is 6.33. The molecule has 0 saturated heterocycles. The molecule has 72 valence electrons. The van der Waals surface area contributed by atoms with Crippen LogP contribution in [0.3, 0.4) is 0 Å². The summed E-state index contributed by atoms with van der Waals surface area (Å²) < 4.78 is 0. The Morgan fingerprint density at radius 1 is 1.00 bits per heavy atom. The van der Waals surface area contributed by atoms with Gasteiger partial charge in [0.05, 0.1) is 0 Å². The Kier molecular flexibility index (Phi) is 8.62. The van der Waals surface area contributed by atoms with Crippen molar-refractivity contribution in [3.05, 3.63) is 11.5 Å². The van der Waals surface area contributed by atoms with Gasteiger partial charge in [0.2, 0.25) is 0 Å². The van der Waals surface area contributed by atoms with E-state index in [0.717, 1.165) is 12.8 Å². The smallest absolute Gasteiger partial charge is 0.0548 e. The van der Waals surface area contributed by atoms with Crippen molar-refractivity contribution in [1.29, 1.82) is 0 Å². The van der Waals surface area contributed by atoms with E-state index in [1.807, 2.05) is 0 Å². The van der Waals surface area contributed by atoms with Gasteiger partial charge in [-0.3, -0.25) is 0 Å². The summed E-state index contributed by atoms with van der Waals surface area (Å²) in [6.07, 6.45) is 4.25. The monoisotopic (exact) mass is 288 g/mol. The molecule has 1 fully saturated rings. The summed E-state index contributed by atoms with van der Waals surface area (Å²) >= 11 is -0.106. The van der Waals surface area contributed by atoms with Crippen LogP contribution in [-0.4, -0.2) is 12.1 Å². The molecular weight excluding hydrogens is 277 g/mol. The van der Waals surface area contributed by atoms with Crippen molar-refractivity contribution in [2.75, 3.05) is 0 Å². The molecule has 2 nitrogen and oxygen atoms in total. The second-order valence-corrected chi connectivity index (χ2v) is 4.90. The first kappa shape index (κ1) is 12.2. The minimum atomic E-state index is -0.106. The summed E-state index contributed by atoms with van der Waals surface area (Å²) in [6, 6.07) is -0.160. The molecule has 11 heavy (non-hydrogen) atoms. The van der Waals surface area contributed by atoms with Crippen LogP contribution in [0, 0.1) is 0 Å². The predicted octanol–water partition coefficient (Wildman–Crippen LogP) is 3.78. The van der Waals surface area contributed by atoms with Gasteiger partial charge in [0.25, 0.3) is 0 Å². The van der Waals surface area contributed by atoms with Gasteiger partial charge in [-0.25, -0.2) is 0 Å². The Bertz CT molecular complexity index is 84.7. The molecule has 2 N–H and O–H groups in total. The van der Waals surface area contributed by atoms with Crippen LogP contribution in [0.25, 0.3) is 11.5 Å². The summed E-state index contributed by atoms with van der Waals surface area (Å²) in [6.45, 7) is 0. The Labute approximate surface area is 84.1 Å². The van der Waals surface area contributed by atoms with E-state index >= 15 is 0 Å². The van der Waals surface area contributed by atoms with Crippen LogP contribution in [0.15, 0.2) is 0 Å². The maximum absolute atomic E-state index is 7.29. The average molecular weight is 290 g/mol. The molecule has 0 aliphatic heterocycles. The standard InChI is InChI=1S/C6H12N2.2ClH.Pd/c7-5-3-1-2-4-6(5)8;;;/h5-8H,1-4H2;2*1H;/q-2;;;+2/p-2. The van der Waals surface area contributed by atoms with E-state index in [4.69, 9.17) is 30.5 Å². The second-order valence-electron chi connectivity index (χ2n) is 2.54. The number of rotatable bonds is 0. The van der Waals surface area contributed by atoms with Gasteiger partial charge in [0.1, 0.15) is 0 Å². The fraction of sp³-hybridized carbons (Fsp3) is 1.00. The molecule has 0 radical (unpaired) electrons. The second kappa shape index (κ2) is 7.79. The molecule has 1 aliphatic rings. The van der Waals surface area contributed by atoms with Crippen LogP contribution >= 0.6 is 19.1 Å². The van der Waals surface area contributed by atoms with E-state index in [1.165, 1.54) is 12.8 Å². The zero-order chi connectivity index (χ0) is 8.69. The van der Waals surface area contributed by atoms with Crippen molar-refractivity contribution >= 4 is 19.1 Å². The van der Waals surface area contributed by atoms with Crippen LogP contribution in [0.4, 0.5) is 0 Å². The fourth-order valence-corrected chi connectivity index (χ4v) is 1.13. The Morgan fingerprint density at radius 3 is 1.45 bits per heavy atom. The molecule has 0 bridgehead atoms. The predicted molar refractivity (Wildman–Crippen MR) is 46.4 cm³/mol. The summed E-state index contributed by atoms with van der Waals surface area (Å²) in [5.41, 5.74) is 14.6. The largest absolute Gasteiger partial charge is 0.676 e. The molecule has 0 amide bonds. The van der Waals surface area contributed by atoms with Crippen LogP contribution in [-0.2, 0) is 15.9 Å². The van der Waals surface area contributed by atoms with Gasteiger partial charge in [-0.15, -0.1) is 0 Å². The topological polar surface area (TPSA) is 47.6 Å². The SMILES string of the molecule is [Cl][Pd][Cl].[NH-]C1CCCCC1[NH-]. The molecule has 0 aromatic carbocycles. The molecule has 0 aromatic rings. The summed E-state index contributed by atoms with van der Waals surface area (Å²) in [5, 5.41) is 0. The molecule has 2 unspecified atom stereocenters. The van der Waals surface area contributed by atoms with Gasteiger partial charge >= 0.3 is 35.0 Å². The minimum Gasteiger partial charge on any atom is -0.676 e. The number of hydrogen-bond donors (Lipinski definition) is 0. The van der Waals surface area contributed by atoms with Crippen molar-refractivity contribution in [3.63, 3.8) is 0 Å². The first-order valence-electron chi connectivity index (χ1n) is 3.47. The fourth-order valence-electron chi connectivity index (χ4n) is 1.13. The molecule has 2 atom stereocenters. The zero-order valence-corrected chi connectivity index (χ0v) is 9.12. The maximum Gasteiger partial charge on any atom is -0.0548 e. The van der Waals surface area contributed by atoms with Crippen molar-refractivity contribution < 1.29 is 15.9 Å². The zero-order valence-electron chi connectivity index (χ0n) is 6.06. The first-order chi connectivity index (χ1) is 5.22. The van der Waals surface area contributed by atoms with Crippen molar-refractivity contribution in [1.82, 2.24) is 0 Å². The third-order valence-electron chi connectivity index (χ3n) is 1.77. The van der Waals surface area contributed by atoms with Crippen LogP contribution < -0.4 is 0 Å². The van der Waals surface area contributed by atoms with Crippen LogP contribution in [0.1, 0.15) is 25.7 Å². The van der Waals surface area contributed by atoms with Crippen molar-refractivity contribution in [2.45, 2.75) is 37.8 Å². The number of halogens is 2. The van der Waals surface area contributed by atoms with E-state index in [-0.39, 0.29) is 28.0 Å². The molecule has 1 rings (SSSR count). The Morgan fingerprint density at radius 2 is 1.27 bits per heavy atom. The van der Waals surface area contributed by atoms with Gasteiger partial charge < -0.3 is 11.5 Å². The normalized spacial score (nSPS) is 30.9. The molecule has 5 heteroatoms. The first-order valence-corrected chi connectivity index (χ1v) is 7.47. The Hall–Kier alpha value is 1.16. The Balaban J connectivity index is 0.000000292. The quantitative estimate of drug-likeness (QED) is 0.609. The van der Waals surface area contributed by atoms with E-state index in [1.54, 1.807) is 0 Å². The van der Waals surface area contributed by atoms with Gasteiger partial charge in [-0.2, -0.15) is 12.1 Å². The average Bonchev–Trinajstić information content (AvgIpc) is 1.97. The van der Waals surface area contributed by atoms with Gasteiger partial charge in [-0.1, -0.05) is 25.7 Å². The summed E-state index contributed by atoms with van der Waals surface area (Å²) in [5.74, 6) is 0. The summed E-state index contributed by atoms with van der Waals surface area (Å²) in [4.78, 5) is 0. The number of nitrogens with one attached hydrogen (secondary N) is 2.